The number of carbonyl (C=O) groups is 1. The van der Waals surface area contributed by atoms with Crippen LogP contribution in [0.25, 0.3) is 0 Å². The van der Waals surface area contributed by atoms with Crippen LogP contribution in [-0.4, -0.2) is 34.8 Å². The number of methoxy groups -OCH3 is 2. The second kappa shape index (κ2) is 9.47. The summed E-state index contributed by atoms with van der Waals surface area (Å²) >= 11 is 1.52. The molecule has 0 spiro atoms. The maximum absolute atomic E-state index is 11.7. The number of ether oxygens (including phenoxy) is 3. The van der Waals surface area contributed by atoms with Gasteiger partial charge in [0.2, 0.25) is 0 Å². The molecule has 0 saturated heterocycles. The van der Waals surface area contributed by atoms with Gasteiger partial charge in [-0.2, -0.15) is 0 Å². The van der Waals surface area contributed by atoms with Gasteiger partial charge in [-0.1, -0.05) is 11.8 Å². The highest BCUT2D eigenvalue weighted by Crippen LogP contribution is 2.28. The normalized spacial score (nSPS) is 10.6. The van der Waals surface area contributed by atoms with Crippen molar-refractivity contribution in [1.82, 2.24) is 14.8 Å². The molecule has 29 heavy (non-hydrogen) atoms. The van der Waals surface area contributed by atoms with Crippen LogP contribution in [0.1, 0.15) is 28.7 Å². The lowest BCUT2D eigenvalue weighted by Crippen LogP contribution is -2.04. The largest absolute Gasteiger partial charge is 0.497 e. The Kier molecular flexibility index (Phi) is 6.77. The summed E-state index contributed by atoms with van der Waals surface area (Å²) in [4.78, 5) is 11.7. The summed E-state index contributed by atoms with van der Waals surface area (Å²) in [6.07, 6.45) is 0. The Morgan fingerprint density at radius 3 is 2.41 bits per heavy atom. The fraction of sp³-hybridized carbons (Fsp3) is 0.286. The van der Waals surface area contributed by atoms with Crippen LogP contribution in [-0.2, 0) is 19.4 Å². The Labute approximate surface area is 174 Å². The van der Waals surface area contributed by atoms with Gasteiger partial charge < -0.3 is 18.8 Å². The summed E-state index contributed by atoms with van der Waals surface area (Å²) in [6, 6.07) is 12.8. The van der Waals surface area contributed by atoms with Crippen molar-refractivity contribution in [2.45, 2.75) is 24.4 Å². The molecule has 3 aromatic rings. The van der Waals surface area contributed by atoms with Crippen molar-refractivity contribution < 1.29 is 19.0 Å². The van der Waals surface area contributed by atoms with Gasteiger partial charge in [-0.3, -0.25) is 4.79 Å². The predicted octanol–water partition coefficient (Wildman–Crippen LogP) is 3.91. The number of hydrogen-bond donors (Lipinski definition) is 0. The van der Waals surface area contributed by atoms with E-state index >= 15 is 0 Å². The third-order valence-electron chi connectivity index (χ3n) is 4.40. The molecule has 1 heterocycles. The van der Waals surface area contributed by atoms with Crippen LogP contribution in [0.5, 0.6) is 17.2 Å². The Morgan fingerprint density at radius 2 is 1.76 bits per heavy atom. The van der Waals surface area contributed by atoms with Gasteiger partial charge in [0, 0.05) is 23.9 Å². The highest BCUT2D eigenvalue weighted by Gasteiger charge is 2.13. The van der Waals surface area contributed by atoms with Crippen LogP contribution < -0.4 is 14.2 Å². The lowest BCUT2D eigenvalue weighted by atomic mass is 10.1. The van der Waals surface area contributed by atoms with Gasteiger partial charge in [-0.15, -0.1) is 10.2 Å². The molecule has 0 unspecified atom stereocenters. The number of thioether (sulfide) groups is 1. The minimum absolute atomic E-state index is 0.0236. The highest BCUT2D eigenvalue weighted by molar-refractivity contribution is 7.98. The molecule has 1 aromatic heterocycles. The first kappa shape index (κ1) is 20.7. The number of Topliss-reactive ketones (excluding diaryl/α,β-unsaturated/α-hetero) is 1. The van der Waals surface area contributed by atoms with Crippen molar-refractivity contribution in [3.8, 4) is 17.2 Å². The molecule has 0 aliphatic heterocycles. The first-order valence-corrected chi connectivity index (χ1v) is 9.96. The molecule has 0 aliphatic carbocycles. The zero-order chi connectivity index (χ0) is 20.8. The van der Waals surface area contributed by atoms with E-state index in [1.165, 1.54) is 11.8 Å². The van der Waals surface area contributed by atoms with E-state index in [1.54, 1.807) is 27.2 Å². The number of aromatic nitrogens is 3. The van der Waals surface area contributed by atoms with Crippen LogP contribution in [0.3, 0.4) is 0 Å². The average molecular weight is 413 g/mol. The van der Waals surface area contributed by atoms with Crippen molar-refractivity contribution >= 4 is 17.5 Å². The molecular weight excluding hydrogens is 390 g/mol. The molecule has 0 amide bonds. The van der Waals surface area contributed by atoms with Gasteiger partial charge >= 0.3 is 0 Å². The van der Waals surface area contributed by atoms with Crippen molar-refractivity contribution in [2.24, 2.45) is 7.05 Å². The SMILES string of the molecule is COc1ccc(OCc2nnc(SCc3cc(C(C)=O)ccc3OC)n2C)cc1. The first-order valence-electron chi connectivity index (χ1n) is 8.97. The molecule has 152 valence electrons. The number of benzene rings is 2. The Balaban J connectivity index is 1.65. The Hall–Kier alpha value is -3.00. The summed E-state index contributed by atoms with van der Waals surface area (Å²) in [5, 5.41) is 9.23. The molecule has 0 N–H and O–H groups in total. The highest BCUT2D eigenvalue weighted by atomic mass is 32.2. The number of hydrogen-bond acceptors (Lipinski definition) is 7. The Bertz CT molecular complexity index is 986. The van der Waals surface area contributed by atoms with Crippen LogP contribution in [0.15, 0.2) is 47.6 Å². The zero-order valence-electron chi connectivity index (χ0n) is 16.8. The van der Waals surface area contributed by atoms with Crippen molar-refractivity contribution in [1.29, 1.82) is 0 Å². The predicted molar refractivity (Wildman–Crippen MR) is 111 cm³/mol. The second-order valence-corrected chi connectivity index (χ2v) is 7.24. The second-order valence-electron chi connectivity index (χ2n) is 6.29. The molecule has 0 saturated carbocycles. The summed E-state index contributed by atoms with van der Waals surface area (Å²) < 4.78 is 18.2. The monoisotopic (exact) mass is 413 g/mol. The fourth-order valence-electron chi connectivity index (χ4n) is 2.67. The standard InChI is InChI=1S/C21H23N3O4S/c1-14(25)15-5-10-19(27-4)16(11-15)13-29-21-23-22-20(24(21)2)12-28-18-8-6-17(26-3)7-9-18/h5-11H,12-13H2,1-4H3. The van der Waals surface area contributed by atoms with E-state index in [0.29, 0.717) is 23.7 Å². The van der Waals surface area contributed by atoms with Crippen molar-refractivity contribution in [3.05, 3.63) is 59.4 Å². The molecule has 0 bridgehead atoms. The molecule has 0 aliphatic rings. The lowest BCUT2D eigenvalue weighted by molar-refractivity contribution is 0.101. The summed E-state index contributed by atoms with van der Waals surface area (Å²) in [6.45, 7) is 1.86. The van der Waals surface area contributed by atoms with E-state index in [4.69, 9.17) is 14.2 Å². The van der Waals surface area contributed by atoms with E-state index in [-0.39, 0.29) is 5.78 Å². The third-order valence-corrected chi connectivity index (χ3v) is 5.47. The minimum Gasteiger partial charge on any atom is -0.497 e. The number of ketones is 1. The molecular formula is C21H23N3O4S. The third kappa shape index (κ3) is 5.08. The number of rotatable bonds is 9. The lowest BCUT2D eigenvalue weighted by Gasteiger charge is -2.10. The van der Waals surface area contributed by atoms with E-state index < -0.39 is 0 Å². The van der Waals surface area contributed by atoms with E-state index in [0.717, 1.165) is 28.0 Å². The molecule has 0 radical (unpaired) electrons. The van der Waals surface area contributed by atoms with E-state index in [1.807, 2.05) is 48.0 Å². The van der Waals surface area contributed by atoms with Crippen molar-refractivity contribution in [3.63, 3.8) is 0 Å². The summed E-state index contributed by atoms with van der Waals surface area (Å²) in [7, 11) is 5.15. The molecule has 7 nitrogen and oxygen atoms in total. The van der Waals surface area contributed by atoms with Gasteiger partial charge in [-0.25, -0.2) is 0 Å². The maximum Gasteiger partial charge on any atom is 0.191 e. The van der Waals surface area contributed by atoms with Gasteiger partial charge in [0.1, 0.15) is 23.9 Å². The van der Waals surface area contributed by atoms with Gasteiger partial charge in [0.25, 0.3) is 0 Å². The minimum atomic E-state index is 0.0236. The molecule has 8 heteroatoms. The van der Waals surface area contributed by atoms with Gasteiger partial charge in [0.05, 0.1) is 14.2 Å². The summed E-state index contributed by atoms with van der Waals surface area (Å²) in [5.41, 5.74) is 1.59. The maximum atomic E-state index is 11.7. The average Bonchev–Trinajstić information content (AvgIpc) is 3.10. The van der Waals surface area contributed by atoms with Crippen LogP contribution in [0, 0.1) is 0 Å². The van der Waals surface area contributed by atoms with Gasteiger partial charge in [-0.05, 0) is 49.4 Å². The fourth-order valence-corrected chi connectivity index (χ4v) is 3.58. The molecule has 3 rings (SSSR count). The van der Waals surface area contributed by atoms with E-state index in [2.05, 4.69) is 10.2 Å². The van der Waals surface area contributed by atoms with Crippen LogP contribution in [0.2, 0.25) is 0 Å². The topological polar surface area (TPSA) is 75.5 Å². The first-order chi connectivity index (χ1) is 14.0. The summed E-state index contributed by atoms with van der Waals surface area (Å²) in [5.74, 6) is 3.60. The van der Waals surface area contributed by atoms with Crippen LogP contribution >= 0.6 is 11.8 Å². The Morgan fingerprint density at radius 1 is 1.03 bits per heavy atom. The molecule has 0 atom stereocenters. The number of carbonyl (C=O) groups excluding carboxylic acids is 1. The van der Waals surface area contributed by atoms with Crippen LogP contribution in [0.4, 0.5) is 0 Å². The quantitative estimate of drug-likeness (QED) is 0.389. The zero-order valence-corrected chi connectivity index (χ0v) is 17.7. The molecule has 0 fully saturated rings. The smallest absolute Gasteiger partial charge is 0.191 e. The van der Waals surface area contributed by atoms with Gasteiger partial charge in [0.15, 0.2) is 16.8 Å². The molecule has 2 aromatic carbocycles. The van der Waals surface area contributed by atoms with E-state index in [9.17, 15) is 4.79 Å². The van der Waals surface area contributed by atoms with Crippen molar-refractivity contribution in [2.75, 3.05) is 14.2 Å². The number of nitrogens with zero attached hydrogens (tertiary/aromatic N) is 3.